The van der Waals surface area contributed by atoms with Crippen LogP contribution in [-0.4, -0.2) is 29.6 Å². The third kappa shape index (κ3) is 3.38. The minimum atomic E-state index is 0.0714. The standard InChI is InChI=1S/C24H23N3O3/c1-15-3-8-21(26-23(15)18-9-11-25-22(14-18)29-2)27(24(28)16-4-5-16)19-6-7-20-17(13-19)10-12-30-20/h3,6-9,11,13-14,16H,4-5,10,12H2,1-2H3. The highest BCUT2D eigenvalue weighted by Crippen LogP contribution is 2.39. The highest BCUT2D eigenvalue weighted by atomic mass is 16.5. The highest BCUT2D eigenvalue weighted by Gasteiger charge is 2.36. The molecule has 152 valence electrons. The lowest BCUT2D eigenvalue weighted by atomic mass is 10.1. The summed E-state index contributed by atoms with van der Waals surface area (Å²) >= 11 is 0. The molecule has 5 rings (SSSR count). The molecule has 3 aromatic rings. The Hall–Kier alpha value is -3.41. The van der Waals surface area contributed by atoms with Crippen LogP contribution in [0.3, 0.4) is 0 Å². The lowest BCUT2D eigenvalue weighted by molar-refractivity contribution is -0.119. The molecule has 2 aromatic heterocycles. The number of carbonyl (C=O) groups excluding carboxylic acids is 1. The van der Waals surface area contributed by atoms with Gasteiger partial charge in [0.05, 0.1) is 25.1 Å². The molecule has 0 N–H and O–H groups in total. The number of amides is 1. The van der Waals surface area contributed by atoms with Crippen LogP contribution in [0.1, 0.15) is 24.0 Å². The van der Waals surface area contributed by atoms with Crippen molar-refractivity contribution < 1.29 is 14.3 Å². The molecule has 1 saturated carbocycles. The quantitative estimate of drug-likeness (QED) is 0.631. The van der Waals surface area contributed by atoms with Crippen LogP contribution < -0.4 is 14.4 Å². The van der Waals surface area contributed by atoms with Gasteiger partial charge in [-0.25, -0.2) is 9.97 Å². The molecular weight excluding hydrogens is 378 g/mol. The number of anilines is 2. The number of benzene rings is 1. The fraction of sp³-hybridized carbons (Fsp3) is 0.292. The molecule has 1 aliphatic heterocycles. The number of hydrogen-bond acceptors (Lipinski definition) is 5. The predicted molar refractivity (Wildman–Crippen MR) is 114 cm³/mol. The average molecular weight is 401 g/mol. The summed E-state index contributed by atoms with van der Waals surface area (Å²) in [7, 11) is 1.59. The van der Waals surface area contributed by atoms with Crippen molar-refractivity contribution in [3.8, 4) is 22.9 Å². The van der Waals surface area contributed by atoms with E-state index in [2.05, 4.69) is 11.1 Å². The van der Waals surface area contributed by atoms with Crippen LogP contribution in [0.2, 0.25) is 0 Å². The first-order valence-corrected chi connectivity index (χ1v) is 10.2. The Kier molecular flexibility index (Phi) is 4.62. The van der Waals surface area contributed by atoms with Gasteiger partial charge in [0, 0.05) is 30.2 Å². The normalized spacial score (nSPS) is 14.7. The number of methoxy groups -OCH3 is 1. The summed E-state index contributed by atoms with van der Waals surface area (Å²) in [6, 6.07) is 13.6. The Bertz CT molecular complexity index is 1120. The van der Waals surface area contributed by atoms with Crippen molar-refractivity contribution in [3.63, 3.8) is 0 Å². The van der Waals surface area contributed by atoms with E-state index in [0.717, 1.165) is 53.1 Å². The number of ether oxygens (including phenoxy) is 2. The molecule has 0 atom stereocenters. The van der Waals surface area contributed by atoms with Crippen molar-refractivity contribution in [1.29, 1.82) is 0 Å². The topological polar surface area (TPSA) is 64.5 Å². The van der Waals surface area contributed by atoms with Gasteiger partial charge in [0.15, 0.2) is 0 Å². The van der Waals surface area contributed by atoms with Gasteiger partial charge >= 0.3 is 0 Å². The maximum absolute atomic E-state index is 13.3. The number of carbonyl (C=O) groups is 1. The third-order valence-corrected chi connectivity index (χ3v) is 5.61. The fourth-order valence-corrected chi connectivity index (χ4v) is 3.80. The molecule has 0 spiro atoms. The number of fused-ring (bicyclic) bond motifs is 1. The number of aromatic nitrogens is 2. The minimum absolute atomic E-state index is 0.0714. The van der Waals surface area contributed by atoms with Crippen molar-refractivity contribution in [1.82, 2.24) is 9.97 Å². The van der Waals surface area contributed by atoms with E-state index in [4.69, 9.17) is 14.5 Å². The van der Waals surface area contributed by atoms with E-state index < -0.39 is 0 Å². The van der Waals surface area contributed by atoms with Crippen molar-refractivity contribution in [3.05, 3.63) is 59.8 Å². The molecule has 2 aliphatic rings. The molecule has 0 saturated heterocycles. The van der Waals surface area contributed by atoms with Crippen LogP contribution in [0.4, 0.5) is 11.5 Å². The second kappa shape index (κ2) is 7.44. The summed E-state index contributed by atoms with van der Waals surface area (Å²) in [4.78, 5) is 24.1. The molecular formula is C24H23N3O3. The maximum Gasteiger partial charge on any atom is 0.235 e. The Morgan fingerprint density at radius 2 is 2.03 bits per heavy atom. The molecule has 0 bridgehead atoms. The predicted octanol–water partition coefficient (Wildman–Crippen LogP) is 4.47. The van der Waals surface area contributed by atoms with E-state index in [9.17, 15) is 4.79 Å². The zero-order valence-corrected chi connectivity index (χ0v) is 17.1. The van der Waals surface area contributed by atoms with Crippen LogP contribution in [0, 0.1) is 12.8 Å². The van der Waals surface area contributed by atoms with E-state index in [1.54, 1.807) is 18.2 Å². The first-order chi connectivity index (χ1) is 14.6. The molecule has 6 nitrogen and oxygen atoms in total. The van der Waals surface area contributed by atoms with Crippen LogP contribution in [0.25, 0.3) is 11.3 Å². The number of nitrogens with zero attached hydrogens (tertiary/aromatic N) is 3. The molecule has 0 unspecified atom stereocenters. The lowest BCUT2D eigenvalue weighted by Crippen LogP contribution is -2.28. The number of rotatable bonds is 5. The van der Waals surface area contributed by atoms with Gasteiger partial charge in [-0.3, -0.25) is 9.69 Å². The Balaban J connectivity index is 1.60. The van der Waals surface area contributed by atoms with Crippen LogP contribution in [0.5, 0.6) is 11.6 Å². The van der Waals surface area contributed by atoms with E-state index in [1.165, 1.54) is 0 Å². The van der Waals surface area contributed by atoms with Gasteiger partial charge in [-0.15, -0.1) is 0 Å². The number of aryl methyl sites for hydroxylation is 1. The Morgan fingerprint density at radius 1 is 1.17 bits per heavy atom. The summed E-state index contributed by atoms with van der Waals surface area (Å²) in [5.41, 5.74) is 4.71. The van der Waals surface area contributed by atoms with Gasteiger partial charge in [0.2, 0.25) is 11.8 Å². The Morgan fingerprint density at radius 3 is 2.83 bits per heavy atom. The van der Waals surface area contributed by atoms with E-state index in [-0.39, 0.29) is 11.8 Å². The largest absolute Gasteiger partial charge is 0.493 e. The summed E-state index contributed by atoms with van der Waals surface area (Å²) < 4.78 is 10.9. The molecule has 1 aromatic carbocycles. The van der Waals surface area contributed by atoms with Crippen molar-refractivity contribution in [2.45, 2.75) is 26.2 Å². The minimum Gasteiger partial charge on any atom is -0.493 e. The Labute approximate surface area is 175 Å². The van der Waals surface area contributed by atoms with Crippen LogP contribution >= 0.6 is 0 Å². The number of pyridine rings is 2. The van der Waals surface area contributed by atoms with Gasteiger partial charge < -0.3 is 9.47 Å². The SMILES string of the molecule is COc1cc(-c2nc(N(C(=O)C3CC3)c3ccc4c(c3)CCO4)ccc2C)ccn1. The highest BCUT2D eigenvalue weighted by molar-refractivity contribution is 6.02. The van der Waals surface area contributed by atoms with Crippen molar-refractivity contribution in [2.24, 2.45) is 5.92 Å². The molecule has 3 heterocycles. The van der Waals surface area contributed by atoms with E-state index >= 15 is 0 Å². The van der Waals surface area contributed by atoms with Crippen LogP contribution in [0.15, 0.2) is 48.7 Å². The lowest BCUT2D eigenvalue weighted by Gasteiger charge is -2.23. The van der Waals surface area contributed by atoms with Gasteiger partial charge in [0.1, 0.15) is 11.6 Å². The fourth-order valence-electron chi connectivity index (χ4n) is 3.80. The third-order valence-electron chi connectivity index (χ3n) is 5.61. The zero-order chi connectivity index (χ0) is 20.7. The average Bonchev–Trinajstić information content (AvgIpc) is 3.52. The monoisotopic (exact) mass is 401 g/mol. The van der Waals surface area contributed by atoms with Gasteiger partial charge in [-0.05, 0) is 61.2 Å². The van der Waals surface area contributed by atoms with Crippen molar-refractivity contribution >= 4 is 17.4 Å². The van der Waals surface area contributed by atoms with E-state index in [0.29, 0.717) is 18.3 Å². The smallest absolute Gasteiger partial charge is 0.235 e. The van der Waals surface area contributed by atoms with Crippen molar-refractivity contribution in [2.75, 3.05) is 18.6 Å². The van der Waals surface area contributed by atoms with E-state index in [1.807, 2.05) is 43.3 Å². The van der Waals surface area contributed by atoms with Gasteiger partial charge in [-0.1, -0.05) is 6.07 Å². The van der Waals surface area contributed by atoms with Crippen LogP contribution in [-0.2, 0) is 11.2 Å². The molecule has 0 radical (unpaired) electrons. The molecule has 1 aliphatic carbocycles. The zero-order valence-electron chi connectivity index (χ0n) is 17.1. The molecule has 1 fully saturated rings. The summed E-state index contributed by atoms with van der Waals surface area (Å²) in [5.74, 6) is 2.23. The molecule has 30 heavy (non-hydrogen) atoms. The van der Waals surface area contributed by atoms with Gasteiger partial charge in [-0.2, -0.15) is 0 Å². The molecule has 1 amide bonds. The first-order valence-electron chi connectivity index (χ1n) is 10.2. The summed E-state index contributed by atoms with van der Waals surface area (Å²) in [5, 5.41) is 0. The number of hydrogen-bond donors (Lipinski definition) is 0. The molecule has 6 heteroatoms. The summed E-state index contributed by atoms with van der Waals surface area (Å²) in [6.07, 6.45) is 4.43. The maximum atomic E-state index is 13.3. The second-order valence-electron chi connectivity index (χ2n) is 7.76. The summed E-state index contributed by atoms with van der Waals surface area (Å²) in [6.45, 7) is 2.70. The first kappa shape index (κ1) is 18.6. The second-order valence-corrected chi connectivity index (χ2v) is 7.76. The van der Waals surface area contributed by atoms with Gasteiger partial charge in [0.25, 0.3) is 0 Å².